The number of nitrogens with two attached hydrogens (primary N) is 2. The van der Waals surface area contributed by atoms with Crippen molar-refractivity contribution < 1.29 is 9.59 Å². The van der Waals surface area contributed by atoms with E-state index in [1.165, 1.54) is 44.9 Å². The summed E-state index contributed by atoms with van der Waals surface area (Å²) in [4.78, 5) is 22.1. The molecule has 8 nitrogen and oxygen atoms in total. The predicted molar refractivity (Wildman–Crippen MR) is 141 cm³/mol. The van der Waals surface area contributed by atoms with Crippen LogP contribution in [0.5, 0.6) is 0 Å². The maximum atomic E-state index is 11.3. The maximum Gasteiger partial charge on any atom is 0.233 e. The highest BCUT2D eigenvalue weighted by Crippen LogP contribution is 2.06. The SMILES string of the molecule is CCCCCCCCC(=O)NCCCC.NCCCNCCCCNCCCNC(=O)CN. The molecule has 0 rings (SSSR count). The highest BCUT2D eigenvalue weighted by atomic mass is 16.2. The van der Waals surface area contributed by atoms with Crippen molar-refractivity contribution in [3.63, 3.8) is 0 Å². The fraction of sp³-hybridized carbons (Fsp3) is 0.920. The van der Waals surface area contributed by atoms with Crippen LogP contribution in [0.1, 0.15) is 97.3 Å². The predicted octanol–water partition coefficient (Wildman–Crippen LogP) is 2.41. The van der Waals surface area contributed by atoms with E-state index in [0.717, 1.165) is 77.8 Å². The van der Waals surface area contributed by atoms with Gasteiger partial charge in [-0.05, 0) is 71.2 Å². The molecule has 0 unspecified atom stereocenters. The summed E-state index contributed by atoms with van der Waals surface area (Å²) in [6.45, 7) is 10.8. The van der Waals surface area contributed by atoms with Crippen LogP contribution in [-0.2, 0) is 9.59 Å². The van der Waals surface area contributed by atoms with Crippen LogP contribution < -0.4 is 32.7 Å². The minimum atomic E-state index is -0.0847. The first-order chi connectivity index (χ1) is 16.1. The fourth-order valence-electron chi connectivity index (χ4n) is 3.05. The van der Waals surface area contributed by atoms with Crippen molar-refractivity contribution >= 4 is 11.8 Å². The standard InChI is InChI=1S/C13H27NO.C12H29N5O/c1-3-5-7-8-9-10-11-13(15)14-12-6-4-2;13-5-3-8-15-6-1-2-7-16-9-4-10-17-12(18)11-14/h3-12H2,1-2H3,(H,14,15);15-16H,1-11,13-14H2,(H,17,18). The summed E-state index contributed by atoms with van der Waals surface area (Å²) >= 11 is 0. The van der Waals surface area contributed by atoms with Gasteiger partial charge in [0.1, 0.15) is 0 Å². The zero-order chi connectivity index (χ0) is 24.8. The molecule has 0 saturated carbocycles. The molecule has 0 fully saturated rings. The van der Waals surface area contributed by atoms with Crippen LogP contribution in [0.15, 0.2) is 0 Å². The molecule has 0 atom stereocenters. The number of carbonyl (C=O) groups excluding carboxylic acids is 2. The van der Waals surface area contributed by atoms with E-state index in [1.54, 1.807) is 0 Å². The van der Waals surface area contributed by atoms with Crippen molar-refractivity contribution in [2.75, 3.05) is 52.4 Å². The second-order valence-corrected chi connectivity index (χ2v) is 8.48. The lowest BCUT2D eigenvalue weighted by Crippen LogP contribution is -2.32. The average Bonchev–Trinajstić information content (AvgIpc) is 2.82. The molecule has 0 aromatic heterocycles. The van der Waals surface area contributed by atoms with Gasteiger partial charge >= 0.3 is 0 Å². The topological polar surface area (TPSA) is 134 Å². The normalized spacial score (nSPS) is 10.4. The van der Waals surface area contributed by atoms with Gasteiger partial charge in [0.2, 0.25) is 11.8 Å². The molecule has 0 aromatic rings. The zero-order valence-electron chi connectivity index (χ0n) is 21.8. The molecule has 0 aliphatic carbocycles. The molecule has 8 heteroatoms. The molecule has 0 radical (unpaired) electrons. The van der Waals surface area contributed by atoms with E-state index < -0.39 is 0 Å². The lowest BCUT2D eigenvalue weighted by Gasteiger charge is -2.06. The van der Waals surface area contributed by atoms with Gasteiger partial charge in [-0.2, -0.15) is 0 Å². The summed E-state index contributed by atoms with van der Waals surface area (Å²) in [6, 6.07) is 0. The minimum absolute atomic E-state index is 0.0740. The Balaban J connectivity index is 0. The summed E-state index contributed by atoms with van der Waals surface area (Å²) in [5.41, 5.74) is 10.6. The molecule has 0 aromatic carbocycles. The Bertz CT molecular complexity index is 410. The van der Waals surface area contributed by atoms with Crippen LogP contribution in [0, 0.1) is 0 Å². The average molecular weight is 473 g/mol. The summed E-state index contributed by atoms with van der Waals surface area (Å²) in [6.07, 6.45) is 14.8. The number of nitrogens with one attached hydrogen (secondary N) is 4. The summed E-state index contributed by atoms with van der Waals surface area (Å²) in [5, 5.41) is 12.4. The molecule has 0 spiro atoms. The molecule has 0 bridgehead atoms. The number of unbranched alkanes of at least 4 members (excludes halogenated alkanes) is 7. The first-order valence-electron chi connectivity index (χ1n) is 13.5. The second-order valence-electron chi connectivity index (χ2n) is 8.48. The third-order valence-corrected chi connectivity index (χ3v) is 5.16. The Morgan fingerprint density at radius 1 is 0.545 bits per heavy atom. The quantitative estimate of drug-likeness (QED) is 0.126. The van der Waals surface area contributed by atoms with Crippen molar-refractivity contribution in [1.29, 1.82) is 0 Å². The molecular weight excluding hydrogens is 416 g/mol. The number of rotatable bonds is 23. The Kier molecular flexibility index (Phi) is 31.7. The van der Waals surface area contributed by atoms with Gasteiger partial charge < -0.3 is 32.7 Å². The Morgan fingerprint density at radius 3 is 1.67 bits per heavy atom. The number of hydrogen-bond acceptors (Lipinski definition) is 6. The minimum Gasteiger partial charge on any atom is -0.356 e. The Morgan fingerprint density at radius 2 is 1.06 bits per heavy atom. The van der Waals surface area contributed by atoms with Gasteiger partial charge in [0, 0.05) is 19.5 Å². The zero-order valence-corrected chi connectivity index (χ0v) is 21.8. The van der Waals surface area contributed by atoms with Crippen LogP contribution in [-0.4, -0.2) is 64.2 Å². The first-order valence-corrected chi connectivity index (χ1v) is 13.5. The van der Waals surface area contributed by atoms with Crippen LogP contribution in [0.3, 0.4) is 0 Å². The van der Waals surface area contributed by atoms with Crippen molar-refractivity contribution in [3.05, 3.63) is 0 Å². The largest absolute Gasteiger partial charge is 0.356 e. The number of hydrogen-bond donors (Lipinski definition) is 6. The van der Waals surface area contributed by atoms with Gasteiger partial charge in [0.05, 0.1) is 6.54 Å². The molecular formula is C25H56N6O2. The molecule has 0 saturated heterocycles. The van der Waals surface area contributed by atoms with Crippen molar-refractivity contribution in [1.82, 2.24) is 21.3 Å². The first kappa shape index (κ1) is 34.0. The summed E-state index contributed by atoms with van der Waals surface area (Å²) in [7, 11) is 0. The molecule has 0 aliphatic heterocycles. The van der Waals surface area contributed by atoms with Gasteiger partial charge in [0.15, 0.2) is 0 Å². The number of carbonyl (C=O) groups is 2. The van der Waals surface area contributed by atoms with E-state index in [4.69, 9.17) is 11.5 Å². The third kappa shape index (κ3) is 33.0. The maximum absolute atomic E-state index is 11.3. The highest BCUT2D eigenvalue weighted by molar-refractivity contribution is 5.77. The van der Waals surface area contributed by atoms with Gasteiger partial charge in [-0.3, -0.25) is 9.59 Å². The molecule has 8 N–H and O–H groups in total. The van der Waals surface area contributed by atoms with E-state index in [2.05, 4.69) is 35.1 Å². The molecule has 198 valence electrons. The van der Waals surface area contributed by atoms with Crippen molar-refractivity contribution in [2.45, 2.75) is 97.3 Å². The lowest BCUT2D eigenvalue weighted by molar-refractivity contribution is -0.121. The second kappa shape index (κ2) is 30.8. The van der Waals surface area contributed by atoms with Gasteiger partial charge in [0.25, 0.3) is 0 Å². The smallest absolute Gasteiger partial charge is 0.233 e. The van der Waals surface area contributed by atoms with Gasteiger partial charge in [-0.1, -0.05) is 52.4 Å². The van der Waals surface area contributed by atoms with E-state index in [0.29, 0.717) is 6.54 Å². The molecule has 0 aliphatic rings. The van der Waals surface area contributed by atoms with Crippen LogP contribution in [0.25, 0.3) is 0 Å². The molecule has 0 heterocycles. The van der Waals surface area contributed by atoms with Gasteiger partial charge in [-0.15, -0.1) is 0 Å². The lowest BCUT2D eigenvalue weighted by atomic mass is 10.1. The van der Waals surface area contributed by atoms with Crippen LogP contribution in [0.2, 0.25) is 0 Å². The van der Waals surface area contributed by atoms with Crippen LogP contribution in [0.4, 0.5) is 0 Å². The monoisotopic (exact) mass is 472 g/mol. The Labute approximate surface area is 204 Å². The van der Waals surface area contributed by atoms with Gasteiger partial charge in [-0.25, -0.2) is 0 Å². The van der Waals surface area contributed by atoms with Crippen molar-refractivity contribution in [2.24, 2.45) is 11.5 Å². The third-order valence-electron chi connectivity index (χ3n) is 5.16. The van der Waals surface area contributed by atoms with E-state index >= 15 is 0 Å². The van der Waals surface area contributed by atoms with E-state index in [-0.39, 0.29) is 18.4 Å². The van der Waals surface area contributed by atoms with E-state index in [9.17, 15) is 9.59 Å². The fourth-order valence-corrected chi connectivity index (χ4v) is 3.05. The summed E-state index contributed by atoms with van der Waals surface area (Å²) < 4.78 is 0. The van der Waals surface area contributed by atoms with Crippen molar-refractivity contribution in [3.8, 4) is 0 Å². The highest BCUT2D eigenvalue weighted by Gasteiger charge is 1.99. The molecule has 33 heavy (non-hydrogen) atoms. The summed E-state index contributed by atoms with van der Waals surface area (Å²) in [5.74, 6) is 0.150. The van der Waals surface area contributed by atoms with E-state index in [1.807, 2.05) is 0 Å². The molecule has 2 amide bonds. The van der Waals surface area contributed by atoms with Crippen LogP contribution >= 0.6 is 0 Å². The Hall–Kier alpha value is -1.22. The number of amides is 2.